The normalized spacial score (nSPS) is 19.1. The van der Waals surface area contributed by atoms with Crippen LogP contribution < -0.4 is 5.32 Å². The maximum absolute atomic E-state index is 4.37. The molecule has 1 aliphatic rings. The summed E-state index contributed by atoms with van der Waals surface area (Å²) in [6.07, 6.45) is 5.44. The van der Waals surface area contributed by atoms with Crippen molar-refractivity contribution in [3.05, 3.63) is 22.8 Å². The predicted octanol–water partition coefficient (Wildman–Crippen LogP) is 3.84. The van der Waals surface area contributed by atoms with E-state index in [0.717, 1.165) is 17.0 Å². The molecule has 1 heterocycles. The van der Waals surface area contributed by atoms with Gasteiger partial charge in [0.15, 0.2) is 0 Å². The van der Waals surface area contributed by atoms with Crippen molar-refractivity contribution < 1.29 is 0 Å². The molecule has 1 aromatic heterocycles. The lowest BCUT2D eigenvalue weighted by Crippen LogP contribution is -2.23. The molecule has 1 aliphatic carbocycles. The summed E-state index contributed by atoms with van der Waals surface area (Å²) in [5.41, 5.74) is 0.476. The van der Waals surface area contributed by atoms with Crippen LogP contribution in [0.3, 0.4) is 0 Å². The third-order valence-corrected chi connectivity index (χ3v) is 3.66. The minimum absolute atomic E-state index is 0.476. The molecule has 0 radical (unpaired) electrons. The van der Waals surface area contributed by atoms with E-state index in [1.807, 2.05) is 18.2 Å². The lowest BCUT2D eigenvalue weighted by atomic mass is 9.89. The topological polar surface area (TPSA) is 24.9 Å². The van der Waals surface area contributed by atoms with Gasteiger partial charge in [0.25, 0.3) is 0 Å². The number of hydrogen-bond donors (Lipinski definition) is 1. The third kappa shape index (κ3) is 2.94. The van der Waals surface area contributed by atoms with Gasteiger partial charge in [-0.15, -0.1) is 0 Å². The molecule has 1 N–H and O–H groups in total. The van der Waals surface area contributed by atoms with Crippen LogP contribution in [0.4, 0.5) is 5.82 Å². The van der Waals surface area contributed by atoms with Crippen LogP contribution in [0.2, 0.25) is 0 Å². The average Bonchev–Trinajstić information content (AvgIpc) is 2.63. The zero-order valence-corrected chi connectivity index (χ0v) is 10.7. The summed E-state index contributed by atoms with van der Waals surface area (Å²) in [6, 6.07) is 5.97. The minimum Gasteiger partial charge on any atom is -0.369 e. The van der Waals surface area contributed by atoms with E-state index >= 15 is 0 Å². The number of aromatic nitrogens is 1. The fraction of sp³-hybridized carbons (Fsp3) is 0.583. The van der Waals surface area contributed by atoms with E-state index in [9.17, 15) is 0 Å². The maximum atomic E-state index is 4.37. The van der Waals surface area contributed by atoms with Gasteiger partial charge in [-0.25, -0.2) is 4.98 Å². The van der Waals surface area contributed by atoms with Crippen molar-refractivity contribution in [1.82, 2.24) is 4.98 Å². The Morgan fingerprint density at radius 3 is 2.80 bits per heavy atom. The quantitative estimate of drug-likeness (QED) is 0.843. The monoisotopic (exact) mass is 268 g/mol. The Morgan fingerprint density at radius 2 is 2.13 bits per heavy atom. The molecular formula is C12H17BrN2. The van der Waals surface area contributed by atoms with Crippen LogP contribution in [0.15, 0.2) is 22.8 Å². The highest BCUT2D eigenvalue weighted by atomic mass is 79.9. The Balaban J connectivity index is 1.92. The summed E-state index contributed by atoms with van der Waals surface area (Å²) in [4.78, 5) is 4.37. The first kappa shape index (κ1) is 10.9. The molecule has 0 bridgehead atoms. The highest BCUT2D eigenvalue weighted by Gasteiger charge is 2.28. The standard InChI is InChI=1S/C12H17BrN2/c1-12(7-2-3-8-12)9-14-11-6-4-5-10(13)15-11/h4-6H,2-3,7-9H2,1H3,(H,14,15). The summed E-state index contributed by atoms with van der Waals surface area (Å²) in [5, 5.41) is 3.43. The molecule has 1 saturated carbocycles. The predicted molar refractivity (Wildman–Crippen MR) is 67.0 cm³/mol. The maximum Gasteiger partial charge on any atom is 0.127 e. The fourth-order valence-electron chi connectivity index (χ4n) is 2.22. The summed E-state index contributed by atoms with van der Waals surface area (Å²) >= 11 is 3.38. The smallest absolute Gasteiger partial charge is 0.127 e. The Morgan fingerprint density at radius 1 is 1.40 bits per heavy atom. The molecule has 15 heavy (non-hydrogen) atoms. The van der Waals surface area contributed by atoms with Crippen molar-refractivity contribution in [2.45, 2.75) is 32.6 Å². The van der Waals surface area contributed by atoms with Crippen molar-refractivity contribution in [2.24, 2.45) is 5.41 Å². The van der Waals surface area contributed by atoms with Crippen LogP contribution in [0.1, 0.15) is 32.6 Å². The Labute approximate surface area is 99.6 Å². The van der Waals surface area contributed by atoms with Gasteiger partial charge >= 0.3 is 0 Å². The summed E-state index contributed by atoms with van der Waals surface area (Å²) in [6.45, 7) is 3.40. The van der Waals surface area contributed by atoms with E-state index in [1.54, 1.807) is 0 Å². The van der Waals surface area contributed by atoms with Crippen molar-refractivity contribution in [1.29, 1.82) is 0 Å². The minimum atomic E-state index is 0.476. The van der Waals surface area contributed by atoms with E-state index < -0.39 is 0 Å². The highest BCUT2D eigenvalue weighted by molar-refractivity contribution is 9.10. The first-order valence-electron chi connectivity index (χ1n) is 5.54. The van der Waals surface area contributed by atoms with Gasteiger partial charge < -0.3 is 5.32 Å². The van der Waals surface area contributed by atoms with E-state index in [0.29, 0.717) is 5.41 Å². The molecule has 0 atom stereocenters. The molecule has 1 fully saturated rings. The first-order chi connectivity index (χ1) is 7.18. The molecule has 0 aliphatic heterocycles. The highest BCUT2D eigenvalue weighted by Crippen LogP contribution is 2.37. The molecule has 0 amide bonds. The first-order valence-corrected chi connectivity index (χ1v) is 6.34. The van der Waals surface area contributed by atoms with Crippen LogP contribution in [0, 0.1) is 5.41 Å². The van der Waals surface area contributed by atoms with Gasteiger partial charge in [0.05, 0.1) is 0 Å². The second kappa shape index (κ2) is 4.52. The number of pyridine rings is 1. The number of hydrogen-bond acceptors (Lipinski definition) is 2. The largest absolute Gasteiger partial charge is 0.369 e. The van der Waals surface area contributed by atoms with Crippen molar-refractivity contribution in [2.75, 3.05) is 11.9 Å². The van der Waals surface area contributed by atoms with Gasteiger partial charge in [-0.1, -0.05) is 25.8 Å². The van der Waals surface area contributed by atoms with Crippen LogP contribution in [-0.2, 0) is 0 Å². The summed E-state index contributed by atoms with van der Waals surface area (Å²) in [7, 11) is 0. The Bertz CT molecular complexity index is 332. The van der Waals surface area contributed by atoms with Crippen molar-refractivity contribution >= 4 is 21.7 Å². The molecule has 0 spiro atoms. The fourth-order valence-corrected chi connectivity index (χ4v) is 2.56. The molecule has 0 saturated heterocycles. The van der Waals surface area contributed by atoms with Gasteiger partial charge in [0.2, 0.25) is 0 Å². The summed E-state index contributed by atoms with van der Waals surface area (Å²) < 4.78 is 0.893. The van der Waals surface area contributed by atoms with Gasteiger partial charge in [-0.3, -0.25) is 0 Å². The number of rotatable bonds is 3. The Kier molecular flexibility index (Phi) is 3.29. The molecule has 82 valence electrons. The van der Waals surface area contributed by atoms with Gasteiger partial charge in [-0.2, -0.15) is 0 Å². The molecule has 0 unspecified atom stereocenters. The molecule has 1 aromatic rings. The zero-order valence-electron chi connectivity index (χ0n) is 9.09. The Hall–Kier alpha value is -0.570. The van der Waals surface area contributed by atoms with Crippen LogP contribution in [0.25, 0.3) is 0 Å². The lowest BCUT2D eigenvalue weighted by Gasteiger charge is -2.23. The molecular weight excluding hydrogens is 252 g/mol. The van der Waals surface area contributed by atoms with E-state index in [4.69, 9.17) is 0 Å². The zero-order chi connectivity index (χ0) is 10.7. The van der Waals surface area contributed by atoms with E-state index in [-0.39, 0.29) is 0 Å². The van der Waals surface area contributed by atoms with Gasteiger partial charge in [-0.05, 0) is 46.3 Å². The number of anilines is 1. The molecule has 2 nitrogen and oxygen atoms in total. The third-order valence-electron chi connectivity index (χ3n) is 3.22. The lowest BCUT2D eigenvalue weighted by molar-refractivity contribution is 0.361. The molecule has 3 heteroatoms. The number of nitrogens with zero attached hydrogens (tertiary/aromatic N) is 1. The number of nitrogens with one attached hydrogen (secondary N) is 1. The average molecular weight is 269 g/mol. The van der Waals surface area contributed by atoms with E-state index in [1.165, 1.54) is 25.7 Å². The molecule has 2 rings (SSSR count). The van der Waals surface area contributed by atoms with Gasteiger partial charge in [0, 0.05) is 6.54 Å². The van der Waals surface area contributed by atoms with Crippen molar-refractivity contribution in [3.8, 4) is 0 Å². The van der Waals surface area contributed by atoms with E-state index in [2.05, 4.69) is 33.2 Å². The molecule has 0 aromatic carbocycles. The SMILES string of the molecule is CC1(CNc2cccc(Br)n2)CCCC1. The van der Waals surface area contributed by atoms with Crippen LogP contribution in [-0.4, -0.2) is 11.5 Å². The summed E-state index contributed by atoms with van der Waals surface area (Å²) in [5.74, 6) is 0.970. The van der Waals surface area contributed by atoms with Gasteiger partial charge in [0.1, 0.15) is 10.4 Å². The second-order valence-electron chi connectivity index (χ2n) is 4.72. The van der Waals surface area contributed by atoms with Crippen LogP contribution >= 0.6 is 15.9 Å². The number of halogens is 1. The second-order valence-corrected chi connectivity index (χ2v) is 5.53. The van der Waals surface area contributed by atoms with Crippen LogP contribution in [0.5, 0.6) is 0 Å². The van der Waals surface area contributed by atoms with Crippen molar-refractivity contribution in [3.63, 3.8) is 0 Å².